The average molecular weight is 339 g/mol. The molecule has 0 saturated carbocycles. The van der Waals surface area contributed by atoms with Gasteiger partial charge in [-0.25, -0.2) is 0 Å². The molecule has 1 unspecified atom stereocenters. The summed E-state index contributed by atoms with van der Waals surface area (Å²) < 4.78 is 11.1. The van der Waals surface area contributed by atoms with Gasteiger partial charge in [0.25, 0.3) is 5.91 Å². The summed E-state index contributed by atoms with van der Waals surface area (Å²) in [5.41, 5.74) is 0.569. The van der Waals surface area contributed by atoms with Gasteiger partial charge < -0.3 is 14.1 Å². The predicted molar refractivity (Wildman–Crippen MR) is 91.8 cm³/mol. The molecule has 1 fully saturated rings. The third-order valence-electron chi connectivity index (χ3n) is 4.29. The van der Waals surface area contributed by atoms with Crippen LogP contribution in [0.5, 0.6) is 5.75 Å². The van der Waals surface area contributed by atoms with Crippen LogP contribution in [0.25, 0.3) is 0 Å². The number of hydrogen-bond acceptors (Lipinski definition) is 5. The van der Waals surface area contributed by atoms with Crippen LogP contribution in [0.2, 0.25) is 0 Å². The van der Waals surface area contributed by atoms with Crippen molar-refractivity contribution in [2.45, 2.75) is 19.6 Å². The third kappa shape index (κ3) is 4.40. The second kappa shape index (κ2) is 7.86. The molecule has 0 aliphatic carbocycles. The smallest absolute Gasteiger partial charge is 0.263 e. The number of furan rings is 1. The van der Waals surface area contributed by atoms with E-state index >= 15 is 0 Å². The summed E-state index contributed by atoms with van der Waals surface area (Å²) in [6.07, 6.45) is 1.13. The Morgan fingerprint density at radius 1 is 1.24 bits per heavy atom. The molecule has 1 amide bonds. The molecule has 1 aliphatic heterocycles. The fourth-order valence-corrected chi connectivity index (χ4v) is 2.87. The highest BCUT2D eigenvalue weighted by atomic mass is 16.5. The lowest BCUT2D eigenvalue weighted by Gasteiger charge is -2.35. The van der Waals surface area contributed by atoms with Gasteiger partial charge in [0, 0.05) is 26.2 Å². The summed E-state index contributed by atoms with van der Waals surface area (Å²) in [5, 5.41) is 8.81. The first kappa shape index (κ1) is 17.1. The molecular weight excluding hydrogens is 318 g/mol. The first-order chi connectivity index (χ1) is 12.2. The van der Waals surface area contributed by atoms with E-state index in [1.807, 2.05) is 17.0 Å². The molecule has 25 heavy (non-hydrogen) atoms. The van der Waals surface area contributed by atoms with E-state index in [0.717, 1.165) is 25.4 Å². The molecule has 1 aromatic carbocycles. The number of hydrogen-bond donors (Lipinski definition) is 0. The van der Waals surface area contributed by atoms with Crippen molar-refractivity contribution in [2.24, 2.45) is 0 Å². The Bertz CT molecular complexity index is 726. The minimum atomic E-state index is -0.551. The van der Waals surface area contributed by atoms with Gasteiger partial charge in [-0.2, -0.15) is 5.26 Å². The van der Waals surface area contributed by atoms with Crippen molar-refractivity contribution < 1.29 is 13.9 Å². The predicted octanol–water partition coefficient (Wildman–Crippen LogP) is 2.26. The quantitative estimate of drug-likeness (QED) is 0.836. The molecule has 1 aliphatic rings. The molecule has 0 N–H and O–H groups in total. The summed E-state index contributed by atoms with van der Waals surface area (Å²) in [7, 11) is 0. The van der Waals surface area contributed by atoms with Gasteiger partial charge in [-0.15, -0.1) is 0 Å². The van der Waals surface area contributed by atoms with E-state index in [0.29, 0.717) is 24.4 Å². The van der Waals surface area contributed by atoms with Crippen molar-refractivity contribution in [3.05, 3.63) is 54.0 Å². The molecule has 1 saturated heterocycles. The molecule has 0 spiro atoms. The van der Waals surface area contributed by atoms with Gasteiger partial charge in [0.1, 0.15) is 11.5 Å². The van der Waals surface area contributed by atoms with Crippen LogP contribution in [-0.4, -0.2) is 48.0 Å². The Labute approximate surface area is 147 Å². The van der Waals surface area contributed by atoms with E-state index < -0.39 is 6.10 Å². The molecule has 6 heteroatoms. The number of nitriles is 1. The lowest BCUT2D eigenvalue weighted by molar-refractivity contribution is -0.139. The lowest BCUT2D eigenvalue weighted by Crippen LogP contribution is -2.51. The minimum absolute atomic E-state index is 0.0120. The number of nitrogens with zero attached hydrogens (tertiary/aromatic N) is 3. The highest BCUT2D eigenvalue weighted by molar-refractivity contribution is 5.81. The van der Waals surface area contributed by atoms with Gasteiger partial charge in [-0.05, 0) is 43.3 Å². The number of ether oxygens (including phenoxy) is 1. The topological polar surface area (TPSA) is 69.7 Å². The van der Waals surface area contributed by atoms with E-state index in [4.69, 9.17) is 14.4 Å². The molecular formula is C19H21N3O3. The highest BCUT2D eigenvalue weighted by Crippen LogP contribution is 2.15. The van der Waals surface area contributed by atoms with Crippen LogP contribution >= 0.6 is 0 Å². The fourth-order valence-electron chi connectivity index (χ4n) is 2.87. The number of benzene rings is 1. The van der Waals surface area contributed by atoms with Crippen LogP contribution in [-0.2, 0) is 11.3 Å². The minimum Gasteiger partial charge on any atom is -0.481 e. The normalized spacial score (nSPS) is 16.2. The summed E-state index contributed by atoms with van der Waals surface area (Å²) in [6, 6.07) is 12.7. The van der Waals surface area contributed by atoms with Crippen molar-refractivity contribution in [3.8, 4) is 11.8 Å². The number of rotatable bonds is 5. The largest absolute Gasteiger partial charge is 0.481 e. The fraction of sp³-hybridized carbons (Fsp3) is 0.368. The van der Waals surface area contributed by atoms with E-state index in [2.05, 4.69) is 11.0 Å². The summed E-state index contributed by atoms with van der Waals surface area (Å²) in [4.78, 5) is 16.7. The highest BCUT2D eigenvalue weighted by Gasteiger charge is 2.26. The van der Waals surface area contributed by atoms with Crippen LogP contribution in [0.15, 0.2) is 47.1 Å². The van der Waals surface area contributed by atoms with Crippen molar-refractivity contribution >= 4 is 5.91 Å². The van der Waals surface area contributed by atoms with Crippen molar-refractivity contribution in [1.29, 1.82) is 5.26 Å². The van der Waals surface area contributed by atoms with E-state index in [-0.39, 0.29) is 5.91 Å². The number of amides is 1. The summed E-state index contributed by atoms with van der Waals surface area (Å²) in [5.74, 6) is 1.52. The summed E-state index contributed by atoms with van der Waals surface area (Å²) >= 11 is 0. The van der Waals surface area contributed by atoms with Gasteiger partial charge in [-0.1, -0.05) is 0 Å². The van der Waals surface area contributed by atoms with Crippen LogP contribution in [0.3, 0.4) is 0 Å². The Morgan fingerprint density at radius 2 is 1.96 bits per heavy atom. The van der Waals surface area contributed by atoms with Crippen LogP contribution < -0.4 is 4.74 Å². The molecule has 0 bridgehead atoms. The maximum atomic E-state index is 12.6. The van der Waals surface area contributed by atoms with Crippen molar-refractivity contribution in [1.82, 2.24) is 9.80 Å². The molecule has 130 valence electrons. The lowest BCUT2D eigenvalue weighted by atomic mass is 10.2. The van der Waals surface area contributed by atoms with E-state index in [1.54, 1.807) is 37.5 Å². The molecule has 3 rings (SSSR count). The zero-order valence-electron chi connectivity index (χ0n) is 14.2. The SMILES string of the molecule is CC(Oc1ccc(C#N)cc1)C(=O)N1CCN(Cc2ccco2)CC1. The Balaban J connectivity index is 1.48. The van der Waals surface area contributed by atoms with Crippen LogP contribution in [0.4, 0.5) is 0 Å². The van der Waals surface area contributed by atoms with Gasteiger partial charge in [0.05, 0.1) is 24.4 Å². The molecule has 6 nitrogen and oxygen atoms in total. The number of carbonyl (C=O) groups excluding carboxylic acids is 1. The standard InChI is InChI=1S/C19H21N3O3/c1-15(25-17-6-4-16(13-20)5-7-17)19(23)22-10-8-21(9-11-22)14-18-3-2-12-24-18/h2-7,12,15H,8-11,14H2,1H3. The van der Waals surface area contributed by atoms with Gasteiger partial charge >= 0.3 is 0 Å². The Hall–Kier alpha value is -2.78. The maximum absolute atomic E-state index is 12.6. The number of carbonyl (C=O) groups is 1. The molecule has 1 atom stereocenters. The molecule has 2 heterocycles. The van der Waals surface area contributed by atoms with Gasteiger partial charge in [-0.3, -0.25) is 9.69 Å². The second-order valence-electron chi connectivity index (χ2n) is 6.08. The number of piperazine rings is 1. The van der Waals surface area contributed by atoms with Crippen molar-refractivity contribution in [3.63, 3.8) is 0 Å². The molecule has 2 aromatic rings. The summed E-state index contributed by atoms with van der Waals surface area (Å²) in [6.45, 7) is 5.52. The van der Waals surface area contributed by atoms with Crippen molar-refractivity contribution in [2.75, 3.05) is 26.2 Å². The third-order valence-corrected chi connectivity index (χ3v) is 4.29. The van der Waals surface area contributed by atoms with Crippen LogP contribution in [0, 0.1) is 11.3 Å². The average Bonchev–Trinajstić information content (AvgIpc) is 3.15. The zero-order valence-corrected chi connectivity index (χ0v) is 14.2. The van der Waals surface area contributed by atoms with E-state index in [1.165, 1.54) is 0 Å². The molecule has 1 aromatic heterocycles. The van der Waals surface area contributed by atoms with Crippen LogP contribution in [0.1, 0.15) is 18.2 Å². The first-order valence-electron chi connectivity index (χ1n) is 8.36. The Kier molecular flexibility index (Phi) is 5.36. The maximum Gasteiger partial charge on any atom is 0.263 e. The monoisotopic (exact) mass is 339 g/mol. The second-order valence-corrected chi connectivity index (χ2v) is 6.08. The zero-order chi connectivity index (χ0) is 17.6. The Morgan fingerprint density at radius 3 is 2.56 bits per heavy atom. The van der Waals surface area contributed by atoms with Gasteiger partial charge in [0.2, 0.25) is 0 Å². The van der Waals surface area contributed by atoms with E-state index in [9.17, 15) is 4.79 Å². The molecule has 0 radical (unpaired) electrons. The van der Waals surface area contributed by atoms with Gasteiger partial charge in [0.15, 0.2) is 6.10 Å². The first-order valence-corrected chi connectivity index (χ1v) is 8.36.